The summed E-state index contributed by atoms with van der Waals surface area (Å²) in [5.74, 6) is -7.90. The van der Waals surface area contributed by atoms with E-state index in [0.717, 1.165) is 32.1 Å². The van der Waals surface area contributed by atoms with Gasteiger partial charge < -0.3 is 78.0 Å². The fourth-order valence-electron chi connectivity index (χ4n) is 6.51. The summed E-state index contributed by atoms with van der Waals surface area (Å²) in [6, 6.07) is 14.1. The van der Waals surface area contributed by atoms with Crippen molar-refractivity contribution in [3.63, 3.8) is 0 Å². The highest BCUT2D eigenvalue weighted by Gasteiger charge is 2.62. The zero-order valence-corrected chi connectivity index (χ0v) is 35.8. The minimum absolute atomic E-state index is 0.0389. The number of phenols is 3. The maximum Gasteiger partial charge on any atom is 0.331 e. The standard InChI is InChI=1S/C45H48O21/c1-24(46)59-21-34-39(54)41(56)42(62-25(2)47)44(63-34)66-45(23-61-37(52)16-9-26-5-12-29(48)13-6-26)43(64-38(53)18-11-28-8-15-31(50)33(20-28)58-4)40(55)35(65-45)22-60-36(51)17-10-27-7-14-30(49)32(19-27)57-3/h5-20,34-35,39-44,48-50,54-56H,21-23H2,1-4H3/t34-,35-,39-,40-,41+,42-,43+,44-,45+/m1/s1. The van der Waals surface area contributed by atoms with Gasteiger partial charge in [0.05, 0.1) is 14.2 Å². The number of aromatic hydroxyl groups is 3. The van der Waals surface area contributed by atoms with Crippen molar-refractivity contribution in [3.8, 4) is 28.7 Å². The predicted molar refractivity (Wildman–Crippen MR) is 224 cm³/mol. The van der Waals surface area contributed by atoms with Gasteiger partial charge in [0, 0.05) is 32.1 Å². The van der Waals surface area contributed by atoms with E-state index in [-0.39, 0.29) is 28.7 Å². The number of methoxy groups -OCH3 is 2. The van der Waals surface area contributed by atoms with Crippen LogP contribution in [0.5, 0.6) is 28.7 Å². The van der Waals surface area contributed by atoms with E-state index in [4.69, 9.17) is 47.4 Å². The maximum atomic E-state index is 13.6. The van der Waals surface area contributed by atoms with Crippen LogP contribution in [0, 0.1) is 0 Å². The highest BCUT2D eigenvalue weighted by Crippen LogP contribution is 2.40. The average molecular weight is 925 g/mol. The molecule has 2 fully saturated rings. The van der Waals surface area contributed by atoms with Gasteiger partial charge in [0.15, 0.2) is 35.2 Å². The number of aliphatic hydroxyl groups is 3. The summed E-state index contributed by atoms with van der Waals surface area (Å²) in [4.78, 5) is 63.9. The first-order chi connectivity index (χ1) is 31.4. The Hall–Kier alpha value is -7.01. The Bertz CT molecular complexity index is 2290. The van der Waals surface area contributed by atoms with Crippen molar-refractivity contribution >= 4 is 48.1 Å². The summed E-state index contributed by atoms with van der Waals surface area (Å²) in [5, 5.41) is 63.5. The lowest BCUT2D eigenvalue weighted by molar-refractivity contribution is -0.383. The lowest BCUT2D eigenvalue weighted by Crippen LogP contribution is -2.64. The fourth-order valence-corrected chi connectivity index (χ4v) is 6.51. The van der Waals surface area contributed by atoms with E-state index in [1.54, 1.807) is 0 Å². The summed E-state index contributed by atoms with van der Waals surface area (Å²) in [6.45, 7) is -0.496. The van der Waals surface area contributed by atoms with Crippen LogP contribution in [0.2, 0.25) is 0 Å². The molecule has 6 N–H and O–H groups in total. The predicted octanol–water partition coefficient (Wildman–Crippen LogP) is 1.67. The number of carbonyl (C=O) groups is 5. The zero-order chi connectivity index (χ0) is 48.1. The summed E-state index contributed by atoms with van der Waals surface area (Å²) in [7, 11) is 2.64. The number of esters is 5. The Morgan fingerprint density at radius 1 is 0.621 bits per heavy atom. The van der Waals surface area contributed by atoms with E-state index in [9.17, 15) is 54.6 Å². The van der Waals surface area contributed by atoms with Crippen LogP contribution in [-0.2, 0) is 61.9 Å². The van der Waals surface area contributed by atoms with Gasteiger partial charge in [-0.2, -0.15) is 0 Å². The maximum absolute atomic E-state index is 13.6. The van der Waals surface area contributed by atoms with Crippen molar-refractivity contribution in [2.75, 3.05) is 34.0 Å². The molecule has 5 rings (SSSR count). The molecule has 0 aromatic heterocycles. The SMILES string of the molecule is COc1cc(C=CC(=O)OC[C@H]2O[C@@](COC(=O)C=Cc3ccc(O)cc3)(O[C@H]3O[C@H](COC(C)=O)[C@@H](O)[C@H](O)[C@H]3OC(C)=O)[C@@H](OC(=O)C=Cc3ccc(O)c(OC)c3)[C@@H]2O)ccc1O. The molecule has 2 aliphatic rings. The van der Waals surface area contributed by atoms with Crippen molar-refractivity contribution < 1.29 is 102 Å². The van der Waals surface area contributed by atoms with Crippen molar-refractivity contribution in [1.82, 2.24) is 0 Å². The molecule has 354 valence electrons. The molecule has 66 heavy (non-hydrogen) atoms. The van der Waals surface area contributed by atoms with Crippen LogP contribution >= 0.6 is 0 Å². The lowest BCUT2D eigenvalue weighted by Gasteiger charge is -2.44. The normalized spacial score (nSPS) is 25.1. The third-order valence-electron chi connectivity index (χ3n) is 9.77. The zero-order valence-electron chi connectivity index (χ0n) is 35.8. The van der Waals surface area contributed by atoms with Gasteiger partial charge in [-0.05, 0) is 71.3 Å². The first-order valence-corrected chi connectivity index (χ1v) is 19.9. The molecular formula is C45H48O21. The molecule has 0 bridgehead atoms. The monoisotopic (exact) mass is 924 g/mol. The van der Waals surface area contributed by atoms with Crippen LogP contribution in [0.15, 0.2) is 78.9 Å². The van der Waals surface area contributed by atoms with Crippen molar-refractivity contribution in [2.45, 2.75) is 68.7 Å². The third kappa shape index (κ3) is 13.3. The highest BCUT2D eigenvalue weighted by atomic mass is 16.8. The molecular weight excluding hydrogens is 876 g/mol. The van der Waals surface area contributed by atoms with Gasteiger partial charge in [-0.25, -0.2) is 14.4 Å². The van der Waals surface area contributed by atoms with E-state index in [0.29, 0.717) is 16.7 Å². The molecule has 0 spiro atoms. The van der Waals surface area contributed by atoms with Crippen LogP contribution in [0.25, 0.3) is 18.2 Å². The number of benzene rings is 3. The fraction of sp³-hybridized carbons (Fsp3) is 0.356. The summed E-state index contributed by atoms with van der Waals surface area (Å²) >= 11 is 0. The van der Waals surface area contributed by atoms with Crippen molar-refractivity contribution in [2.24, 2.45) is 0 Å². The van der Waals surface area contributed by atoms with Crippen LogP contribution < -0.4 is 9.47 Å². The van der Waals surface area contributed by atoms with Crippen LogP contribution in [0.1, 0.15) is 30.5 Å². The number of phenolic OH excluding ortho intramolecular Hbond substituents is 3. The molecule has 3 aromatic carbocycles. The Balaban J connectivity index is 1.52. The molecule has 2 heterocycles. The first-order valence-electron chi connectivity index (χ1n) is 19.9. The Morgan fingerprint density at radius 3 is 1.71 bits per heavy atom. The smallest absolute Gasteiger partial charge is 0.331 e. The minimum atomic E-state index is -2.71. The van der Waals surface area contributed by atoms with Gasteiger partial charge in [0.2, 0.25) is 12.1 Å². The summed E-state index contributed by atoms with van der Waals surface area (Å²) in [5.41, 5.74) is 1.23. The highest BCUT2D eigenvalue weighted by molar-refractivity contribution is 5.88. The van der Waals surface area contributed by atoms with Gasteiger partial charge in [-0.1, -0.05) is 24.3 Å². The molecule has 21 nitrogen and oxygen atoms in total. The molecule has 0 aliphatic carbocycles. The van der Waals surface area contributed by atoms with E-state index < -0.39 is 104 Å². The number of aliphatic hydroxyl groups excluding tert-OH is 3. The Labute approximate surface area is 376 Å². The van der Waals surface area contributed by atoms with Crippen molar-refractivity contribution in [1.29, 1.82) is 0 Å². The molecule has 0 radical (unpaired) electrons. The molecule has 2 saturated heterocycles. The molecule has 9 atom stereocenters. The second kappa shape index (κ2) is 22.7. The number of hydrogen-bond acceptors (Lipinski definition) is 21. The van der Waals surface area contributed by atoms with Gasteiger partial charge >= 0.3 is 29.8 Å². The van der Waals surface area contributed by atoms with E-state index in [1.165, 1.54) is 93.1 Å². The third-order valence-corrected chi connectivity index (χ3v) is 9.77. The summed E-state index contributed by atoms with van der Waals surface area (Å²) < 4.78 is 55.4. The number of hydrogen-bond donors (Lipinski definition) is 6. The molecule has 0 unspecified atom stereocenters. The van der Waals surface area contributed by atoms with E-state index in [1.807, 2.05) is 0 Å². The van der Waals surface area contributed by atoms with Gasteiger partial charge in [-0.3, -0.25) is 9.59 Å². The van der Waals surface area contributed by atoms with Crippen LogP contribution in [0.3, 0.4) is 0 Å². The van der Waals surface area contributed by atoms with Crippen molar-refractivity contribution in [3.05, 3.63) is 95.6 Å². The lowest BCUT2D eigenvalue weighted by atomic mass is 9.98. The van der Waals surface area contributed by atoms with Gasteiger partial charge in [0.1, 0.15) is 56.1 Å². The number of carbonyl (C=O) groups excluding carboxylic acids is 5. The minimum Gasteiger partial charge on any atom is -0.508 e. The van der Waals surface area contributed by atoms with Crippen LogP contribution in [0.4, 0.5) is 0 Å². The quantitative estimate of drug-likeness (QED) is 0.0601. The van der Waals surface area contributed by atoms with E-state index >= 15 is 0 Å². The largest absolute Gasteiger partial charge is 0.508 e. The number of ether oxygens (including phenoxy) is 10. The average Bonchev–Trinajstić information content (AvgIpc) is 3.54. The second-order valence-corrected chi connectivity index (χ2v) is 14.5. The van der Waals surface area contributed by atoms with Gasteiger partial charge in [0.25, 0.3) is 0 Å². The first kappa shape index (κ1) is 50.0. The summed E-state index contributed by atoms with van der Waals surface area (Å²) in [6.07, 6.45) is -8.29. The Kier molecular flexibility index (Phi) is 17.2. The number of rotatable bonds is 18. The molecule has 2 aliphatic heterocycles. The topological polar surface area (TPSA) is 299 Å². The molecule has 21 heteroatoms. The van der Waals surface area contributed by atoms with Gasteiger partial charge in [-0.15, -0.1) is 0 Å². The molecule has 0 saturated carbocycles. The molecule has 0 amide bonds. The van der Waals surface area contributed by atoms with E-state index in [2.05, 4.69) is 0 Å². The Morgan fingerprint density at radius 2 is 1.15 bits per heavy atom. The second-order valence-electron chi connectivity index (χ2n) is 14.5. The van der Waals surface area contributed by atoms with Crippen LogP contribution in [-0.4, -0.2) is 149 Å². The molecule has 3 aromatic rings.